The van der Waals surface area contributed by atoms with Gasteiger partial charge in [-0.1, -0.05) is 64.0 Å². The number of Topliss-reactive ketones (excluding diaryl/α,β-unsaturated/α-hetero) is 1. The average molecular weight is 831 g/mol. The molecule has 242 valence electrons. The van der Waals surface area contributed by atoms with Gasteiger partial charge in [-0.25, -0.2) is 4.68 Å². The van der Waals surface area contributed by atoms with Crippen molar-refractivity contribution < 1.29 is 45.4 Å². The first-order valence-corrected chi connectivity index (χ1v) is 15.2. The fourth-order valence-corrected chi connectivity index (χ4v) is 3.90. The molecule has 2 aromatic rings. The molecule has 8 heteroatoms. The predicted molar refractivity (Wildman–Crippen MR) is 185 cm³/mol. The zero-order valence-electron chi connectivity index (χ0n) is 28.5. The molecule has 1 aliphatic carbocycles. The fraction of sp³-hybridized carbons (Fsp3) is 0.444. The number of ketones is 1. The van der Waals surface area contributed by atoms with Crippen LogP contribution in [0.1, 0.15) is 89.1 Å². The summed E-state index contributed by atoms with van der Waals surface area (Å²) in [6.45, 7) is 21.1. The Hall–Kier alpha value is -2.69. The molecule has 0 bridgehead atoms. The zero-order valence-corrected chi connectivity index (χ0v) is 32.7. The van der Waals surface area contributed by atoms with Gasteiger partial charge in [0.15, 0.2) is 11.5 Å². The Bertz CT molecular complexity index is 1160. The number of carbonyl (C=O) groups is 1. The third-order valence-electron chi connectivity index (χ3n) is 6.14. The van der Waals surface area contributed by atoms with Crippen molar-refractivity contribution in [3.63, 3.8) is 0 Å². The predicted octanol–water partition coefficient (Wildman–Crippen LogP) is 9.30. The number of aryl methyl sites for hydroxylation is 1. The number of hydrogen-bond donors (Lipinski definition) is 2. The zero-order chi connectivity index (χ0) is 32.6. The first-order chi connectivity index (χ1) is 20.7. The minimum absolute atomic E-state index is 0. The van der Waals surface area contributed by atoms with Gasteiger partial charge in [0.1, 0.15) is 17.4 Å². The molecule has 1 aliphatic heterocycles. The number of nitrogens with one attached hydrogen (secondary N) is 2. The van der Waals surface area contributed by atoms with E-state index in [2.05, 4.69) is 56.1 Å². The number of fused-ring (bicyclic) bond motifs is 1. The first kappa shape index (κ1) is 43.4. The van der Waals surface area contributed by atoms with Crippen LogP contribution in [0.4, 0.5) is 11.6 Å². The maximum absolute atomic E-state index is 10.8. The number of carbonyl (C=O) groups excluding carboxylic acids is 1. The summed E-state index contributed by atoms with van der Waals surface area (Å²) in [6, 6.07) is 9.75. The molecule has 0 atom stereocenters. The minimum atomic E-state index is 0. The molecular formula is C36H56N4O3U. The molecular weight excluding hydrogens is 774 g/mol. The van der Waals surface area contributed by atoms with Crippen molar-refractivity contribution in [3.05, 3.63) is 97.2 Å². The molecule has 2 aliphatic rings. The van der Waals surface area contributed by atoms with Gasteiger partial charge in [0, 0.05) is 31.6 Å². The number of hydrogen-bond acceptors (Lipinski definition) is 6. The van der Waals surface area contributed by atoms with E-state index in [-0.39, 0.29) is 36.9 Å². The van der Waals surface area contributed by atoms with Crippen molar-refractivity contribution in [2.75, 3.05) is 38.4 Å². The van der Waals surface area contributed by atoms with Crippen LogP contribution in [-0.4, -0.2) is 43.4 Å². The number of methoxy groups -OCH3 is 2. The van der Waals surface area contributed by atoms with Gasteiger partial charge in [-0.3, -0.25) is 4.79 Å². The summed E-state index contributed by atoms with van der Waals surface area (Å²) in [7, 11) is 5.22. The van der Waals surface area contributed by atoms with Crippen molar-refractivity contribution in [2.45, 2.75) is 79.6 Å². The van der Waals surface area contributed by atoms with Crippen LogP contribution in [0, 0.1) is 45.0 Å². The Morgan fingerprint density at radius 1 is 1.14 bits per heavy atom. The molecule has 44 heavy (non-hydrogen) atoms. The normalized spacial score (nSPS) is 12.4. The third-order valence-corrected chi connectivity index (χ3v) is 6.14. The molecule has 4 rings (SSSR count). The van der Waals surface area contributed by atoms with Crippen LogP contribution in [0.3, 0.4) is 0 Å². The molecule has 2 heterocycles. The molecule has 2 N–H and O–H groups in total. The summed E-state index contributed by atoms with van der Waals surface area (Å²) in [6.07, 6.45) is 13.4. The molecule has 0 saturated heterocycles. The fourth-order valence-electron chi connectivity index (χ4n) is 3.90. The number of unbranched alkanes of at least 4 members (excludes halogenated alkanes) is 2. The number of ether oxygens (including phenoxy) is 2. The van der Waals surface area contributed by atoms with Gasteiger partial charge < -0.3 is 34.0 Å². The monoisotopic (exact) mass is 830 g/mol. The van der Waals surface area contributed by atoms with Crippen LogP contribution in [0.2, 0.25) is 0 Å². The number of nitrogens with zero attached hydrogens (tertiary/aromatic N) is 2. The SMILES string of the molecule is C=CC.CCc1ccc(C(C)=O)cc1.CNc1cc2n(n1)C(C1=CC(OC)=C(OC)CC1)=CCN2.[CH2-]CC.[CH2-]CCCC.[U+2]. The second kappa shape index (κ2) is 26.7. The summed E-state index contributed by atoms with van der Waals surface area (Å²) in [5, 5.41) is 11.0. The van der Waals surface area contributed by atoms with Crippen molar-refractivity contribution in [2.24, 2.45) is 0 Å². The third kappa shape index (κ3) is 15.9. The number of anilines is 2. The summed E-state index contributed by atoms with van der Waals surface area (Å²) in [4.78, 5) is 10.8. The van der Waals surface area contributed by atoms with Crippen LogP contribution in [0.25, 0.3) is 5.70 Å². The summed E-state index contributed by atoms with van der Waals surface area (Å²) < 4.78 is 12.7. The van der Waals surface area contributed by atoms with E-state index in [1.807, 2.05) is 62.0 Å². The maximum Gasteiger partial charge on any atom is 2.00 e. The molecule has 0 amide bonds. The molecule has 0 fully saturated rings. The van der Waals surface area contributed by atoms with Gasteiger partial charge in [0.2, 0.25) is 0 Å². The number of rotatable bonds is 8. The molecule has 0 saturated carbocycles. The number of benzene rings is 1. The molecule has 7 nitrogen and oxygen atoms in total. The maximum atomic E-state index is 10.8. The topological polar surface area (TPSA) is 77.4 Å². The standard InChI is InChI=1S/C15H20N4O2.C10H12O.C5H11.C3H7.C3H6.U/c1-16-14-9-15-17-7-6-11(19(15)18-14)10-4-5-12(20-2)13(8-10)21-3;1-3-9-4-6-10(7-5-9)8(2)11;1-3-5-4-2;2*1-3-2;/h6,8-9,17H,4-5,7H2,1-3H3,(H,16,18);4-7H,3H2,1-2H3;1,3-5H2,2H3;1,3H2,2H3;3H,1H2,2H3;/q;;2*-1;;+2. The van der Waals surface area contributed by atoms with Crippen molar-refractivity contribution in [3.8, 4) is 0 Å². The van der Waals surface area contributed by atoms with E-state index >= 15 is 0 Å². The Labute approximate surface area is 292 Å². The summed E-state index contributed by atoms with van der Waals surface area (Å²) in [5.74, 6) is 3.67. The van der Waals surface area contributed by atoms with Gasteiger partial charge in [-0.05, 0) is 50.0 Å². The van der Waals surface area contributed by atoms with E-state index in [1.54, 1.807) is 27.2 Å². The summed E-state index contributed by atoms with van der Waals surface area (Å²) >= 11 is 0. The van der Waals surface area contributed by atoms with E-state index in [9.17, 15) is 4.79 Å². The van der Waals surface area contributed by atoms with Crippen LogP contribution in [0.5, 0.6) is 0 Å². The van der Waals surface area contributed by atoms with E-state index < -0.39 is 0 Å². The second-order valence-electron chi connectivity index (χ2n) is 9.63. The molecule has 0 radical (unpaired) electrons. The van der Waals surface area contributed by atoms with Crippen molar-refractivity contribution in [1.82, 2.24) is 9.78 Å². The van der Waals surface area contributed by atoms with E-state index in [0.717, 1.165) is 73.1 Å². The summed E-state index contributed by atoms with van der Waals surface area (Å²) in [5.41, 5.74) is 4.38. The van der Waals surface area contributed by atoms with Gasteiger partial charge in [0.05, 0.1) is 19.9 Å². The largest absolute Gasteiger partial charge is 2.00 e. The minimum Gasteiger partial charge on any atom is -0.497 e. The molecule has 1 aromatic carbocycles. The van der Waals surface area contributed by atoms with Crippen LogP contribution >= 0.6 is 0 Å². The van der Waals surface area contributed by atoms with Gasteiger partial charge in [-0.2, -0.15) is 12.8 Å². The second-order valence-corrected chi connectivity index (χ2v) is 9.63. The number of allylic oxidation sites excluding steroid dienone is 5. The van der Waals surface area contributed by atoms with Gasteiger partial charge in [-0.15, -0.1) is 11.7 Å². The van der Waals surface area contributed by atoms with E-state index in [1.165, 1.54) is 24.0 Å². The Morgan fingerprint density at radius 3 is 2.18 bits per heavy atom. The average Bonchev–Trinajstić information content (AvgIpc) is 3.46. The van der Waals surface area contributed by atoms with E-state index in [0.29, 0.717) is 0 Å². The van der Waals surface area contributed by atoms with Gasteiger partial charge in [0.25, 0.3) is 0 Å². The smallest absolute Gasteiger partial charge is 0.497 e. The van der Waals surface area contributed by atoms with Gasteiger partial charge >= 0.3 is 31.1 Å². The molecule has 1 aromatic heterocycles. The first-order valence-electron chi connectivity index (χ1n) is 15.2. The van der Waals surface area contributed by atoms with Crippen LogP contribution in [-0.2, 0) is 15.9 Å². The Balaban J connectivity index is 0. The molecule has 0 spiro atoms. The molecule has 0 unspecified atom stereocenters. The van der Waals surface area contributed by atoms with E-state index in [4.69, 9.17) is 9.47 Å². The Morgan fingerprint density at radius 2 is 1.75 bits per heavy atom. The van der Waals surface area contributed by atoms with Crippen molar-refractivity contribution >= 4 is 23.1 Å². The number of aromatic nitrogens is 2. The quantitative estimate of drug-likeness (QED) is 0.157. The van der Waals surface area contributed by atoms with Crippen LogP contribution in [0.15, 0.2) is 72.2 Å². The van der Waals surface area contributed by atoms with Crippen molar-refractivity contribution in [1.29, 1.82) is 0 Å². The van der Waals surface area contributed by atoms with Crippen LogP contribution < -0.4 is 10.6 Å². The Kier molecular flexibility index (Phi) is 26.4.